The molecule has 7 nitrogen and oxygen atoms in total. The number of hydrogen-bond acceptors (Lipinski definition) is 5. The van der Waals surface area contributed by atoms with Crippen LogP contribution in [0.3, 0.4) is 0 Å². The van der Waals surface area contributed by atoms with Crippen molar-refractivity contribution in [2.75, 3.05) is 37.8 Å². The van der Waals surface area contributed by atoms with Gasteiger partial charge in [-0.3, -0.25) is 9.59 Å². The molecule has 0 spiro atoms. The Labute approximate surface area is 175 Å². The second-order valence-electron chi connectivity index (χ2n) is 7.54. The molecule has 0 bridgehead atoms. The third-order valence-corrected chi connectivity index (χ3v) is 5.21. The summed E-state index contributed by atoms with van der Waals surface area (Å²) in [4.78, 5) is 26.6. The maximum atomic E-state index is 12.5. The Bertz CT molecular complexity index is 930. The third kappa shape index (κ3) is 4.67. The monoisotopic (exact) mass is 410 g/mol. The maximum Gasteiger partial charge on any atom is 0.227 e. The van der Waals surface area contributed by atoms with E-state index in [2.05, 4.69) is 5.32 Å². The number of carbonyl (C=O) groups is 2. The van der Waals surface area contributed by atoms with Crippen LogP contribution in [0.1, 0.15) is 18.4 Å². The molecule has 2 amide bonds. The normalized spacial score (nSPS) is 17.7. The summed E-state index contributed by atoms with van der Waals surface area (Å²) in [6.07, 6.45) is 0.909. The average molecular weight is 410 g/mol. The van der Waals surface area contributed by atoms with Gasteiger partial charge in [0.1, 0.15) is 19.0 Å². The summed E-state index contributed by atoms with van der Waals surface area (Å²) in [6.45, 7) is 4.43. The molecule has 1 N–H and O–H groups in total. The van der Waals surface area contributed by atoms with Crippen molar-refractivity contribution in [2.45, 2.75) is 19.8 Å². The molecule has 0 aliphatic carbocycles. The molecule has 2 aromatic carbocycles. The molecule has 1 fully saturated rings. The number of aryl methyl sites for hydroxylation is 1. The van der Waals surface area contributed by atoms with Crippen molar-refractivity contribution in [3.63, 3.8) is 0 Å². The maximum absolute atomic E-state index is 12.5. The molecule has 4 rings (SSSR count). The lowest BCUT2D eigenvalue weighted by Crippen LogP contribution is -2.34. The molecule has 2 aromatic rings. The lowest BCUT2D eigenvalue weighted by atomic mass is 10.1. The first kappa shape index (κ1) is 20.1. The topological polar surface area (TPSA) is 77.1 Å². The predicted molar refractivity (Wildman–Crippen MR) is 112 cm³/mol. The van der Waals surface area contributed by atoms with E-state index < -0.39 is 0 Å². The Morgan fingerprint density at radius 3 is 2.83 bits per heavy atom. The fraction of sp³-hybridized carbons (Fsp3) is 0.391. The predicted octanol–water partition coefficient (Wildman–Crippen LogP) is 2.70. The van der Waals surface area contributed by atoms with Gasteiger partial charge in [-0.15, -0.1) is 0 Å². The zero-order chi connectivity index (χ0) is 20.9. The second-order valence-corrected chi connectivity index (χ2v) is 7.54. The molecule has 30 heavy (non-hydrogen) atoms. The van der Waals surface area contributed by atoms with Crippen LogP contribution in [0.2, 0.25) is 0 Å². The number of rotatable bonds is 7. The van der Waals surface area contributed by atoms with E-state index in [1.807, 2.05) is 37.3 Å². The Morgan fingerprint density at radius 2 is 2.00 bits per heavy atom. The summed E-state index contributed by atoms with van der Waals surface area (Å²) in [5, 5.41) is 2.92. The average Bonchev–Trinajstić information content (AvgIpc) is 3.15. The summed E-state index contributed by atoms with van der Waals surface area (Å²) < 4.78 is 16.8. The first-order chi connectivity index (χ1) is 14.6. The zero-order valence-corrected chi connectivity index (χ0v) is 17.1. The third-order valence-electron chi connectivity index (χ3n) is 5.21. The highest BCUT2D eigenvalue weighted by molar-refractivity contribution is 6.00. The number of carbonyl (C=O) groups excluding carboxylic acids is 2. The number of benzene rings is 2. The van der Waals surface area contributed by atoms with E-state index in [1.165, 1.54) is 0 Å². The van der Waals surface area contributed by atoms with Crippen LogP contribution in [0.5, 0.6) is 17.2 Å². The lowest BCUT2D eigenvalue weighted by Gasteiger charge is -2.22. The van der Waals surface area contributed by atoms with Gasteiger partial charge in [0.15, 0.2) is 11.5 Å². The number of amides is 2. The Hall–Kier alpha value is -3.22. The van der Waals surface area contributed by atoms with E-state index in [9.17, 15) is 9.59 Å². The van der Waals surface area contributed by atoms with E-state index in [-0.39, 0.29) is 24.2 Å². The number of fused-ring (bicyclic) bond motifs is 1. The standard InChI is InChI=1S/C23H26N2O5/c1-16-4-2-5-19(12-16)28-9-3-8-24-23(27)17-13-22(26)25(15-17)18-6-7-20-21(14-18)30-11-10-29-20/h2,4-7,12,14,17H,3,8-11,13,15H2,1H3,(H,24,27). The van der Waals surface area contributed by atoms with E-state index in [0.717, 1.165) is 17.0 Å². The van der Waals surface area contributed by atoms with Gasteiger partial charge in [-0.1, -0.05) is 12.1 Å². The van der Waals surface area contributed by atoms with Crippen molar-refractivity contribution in [2.24, 2.45) is 5.92 Å². The van der Waals surface area contributed by atoms with Crippen LogP contribution < -0.4 is 24.4 Å². The second kappa shape index (κ2) is 9.07. The molecule has 2 aliphatic rings. The summed E-state index contributed by atoms with van der Waals surface area (Å²) >= 11 is 0. The fourth-order valence-corrected chi connectivity index (χ4v) is 3.66. The summed E-state index contributed by atoms with van der Waals surface area (Å²) in [5.74, 6) is 1.63. The van der Waals surface area contributed by atoms with Crippen molar-refractivity contribution < 1.29 is 23.8 Å². The molecule has 0 radical (unpaired) electrons. The Kier molecular flexibility index (Phi) is 6.07. The molecule has 2 aliphatic heterocycles. The van der Waals surface area contributed by atoms with E-state index in [4.69, 9.17) is 14.2 Å². The van der Waals surface area contributed by atoms with Crippen molar-refractivity contribution in [1.29, 1.82) is 0 Å². The van der Waals surface area contributed by atoms with Crippen LogP contribution in [0.25, 0.3) is 0 Å². The van der Waals surface area contributed by atoms with Gasteiger partial charge in [0.05, 0.1) is 12.5 Å². The van der Waals surface area contributed by atoms with Crippen LogP contribution in [0, 0.1) is 12.8 Å². The highest BCUT2D eigenvalue weighted by Gasteiger charge is 2.35. The van der Waals surface area contributed by atoms with Crippen molar-refractivity contribution >= 4 is 17.5 Å². The van der Waals surface area contributed by atoms with Gasteiger partial charge < -0.3 is 24.4 Å². The van der Waals surface area contributed by atoms with Crippen molar-refractivity contribution in [1.82, 2.24) is 5.32 Å². The Morgan fingerprint density at radius 1 is 1.17 bits per heavy atom. The lowest BCUT2D eigenvalue weighted by molar-refractivity contribution is -0.126. The van der Waals surface area contributed by atoms with Gasteiger partial charge in [-0.2, -0.15) is 0 Å². The minimum atomic E-state index is -0.358. The van der Waals surface area contributed by atoms with Crippen LogP contribution in [-0.4, -0.2) is 44.7 Å². The van der Waals surface area contributed by atoms with Gasteiger partial charge in [-0.25, -0.2) is 0 Å². The van der Waals surface area contributed by atoms with Gasteiger partial charge >= 0.3 is 0 Å². The quantitative estimate of drug-likeness (QED) is 0.711. The number of nitrogens with one attached hydrogen (secondary N) is 1. The zero-order valence-electron chi connectivity index (χ0n) is 17.1. The van der Waals surface area contributed by atoms with Gasteiger partial charge in [-0.05, 0) is 43.2 Å². The minimum absolute atomic E-state index is 0.0605. The van der Waals surface area contributed by atoms with Crippen molar-refractivity contribution in [3.05, 3.63) is 48.0 Å². The summed E-state index contributed by atoms with van der Waals surface area (Å²) in [5.41, 5.74) is 1.88. The van der Waals surface area contributed by atoms with Crippen LogP contribution in [0.4, 0.5) is 5.69 Å². The van der Waals surface area contributed by atoms with E-state index in [0.29, 0.717) is 50.8 Å². The van der Waals surface area contributed by atoms with E-state index in [1.54, 1.807) is 17.0 Å². The summed E-state index contributed by atoms with van der Waals surface area (Å²) in [7, 11) is 0. The SMILES string of the molecule is Cc1cccc(OCCCNC(=O)C2CC(=O)N(c3ccc4c(c3)OCCO4)C2)c1. The molecule has 7 heteroatoms. The van der Waals surface area contributed by atoms with Crippen LogP contribution in [0.15, 0.2) is 42.5 Å². The van der Waals surface area contributed by atoms with Crippen molar-refractivity contribution in [3.8, 4) is 17.2 Å². The highest BCUT2D eigenvalue weighted by Crippen LogP contribution is 2.35. The first-order valence-electron chi connectivity index (χ1n) is 10.3. The molecule has 1 atom stereocenters. The molecule has 0 aromatic heterocycles. The number of ether oxygens (including phenoxy) is 3. The summed E-state index contributed by atoms with van der Waals surface area (Å²) in [6, 6.07) is 13.3. The van der Waals surface area contributed by atoms with Gasteiger partial charge in [0, 0.05) is 31.3 Å². The molecular formula is C23H26N2O5. The number of nitrogens with zero attached hydrogens (tertiary/aromatic N) is 1. The molecule has 2 heterocycles. The fourth-order valence-electron chi connectivity index (χ4n) is 3.66. The molecule has 1 unspecified atom stereocenters. The smallest absolute Gasteiger partial charge is 0.227 e. The first-order valence-corrected chi connectivity index (χ1v) is 10.3. The van der Waals surface area contributed by atoms with Crippen LogP contribution >= 0.6 is 0 Å². The largest absolute Gasteiger partial charge is 0.494 e. The molecule has 1 saturated heterocycles. The minimum Gasteiger partial charge on any atom is -0.494 e. The molecule has 158 valence electrons. The van der Waals surface area contributed by atoms with Gasteiger partial charge in [0.2, 0.25) is 11.8 Å². The van der Waals surface area contributed by atoms with E-state index >= 15 is 0 Å². The molecule has 0 saturated carbocycles. The highest BCUT2D eigenvalue weighted by atomic mass is 16.6. The number of anilines is 1. The molecular weight excluding hydrogens is 384 g/mol. The van der Waals surface area contributed by atoms with Gasteiger partial charge in [0.25, 0.3) is 0 Å². The van der Waals surface area contributed by atoms with Crippen LogP contribution in [-0.2, 0) is 9.59 Å². The number of hydrogen-bond donors (Lipinski definition) is 1. The Balaban J connectivity index is 1.24.